The quantitative estimate of drug-likeness (QED) is 0.384. The van der Waals surface area contributed by atoms with Crippen LogP contribution < -0.4 is 14.9 Å². The first-order valence-corrected chi connectivity index (χ1v) is 10.7. The number of benzene rings is 2. The highest BCUT2D eigenvalue weighted by molar-refractivity contribution is 7.89. The van der Waals surface area contributed by atoms with Gasteiger partial charge in [0.25, 0.3) is 5.69 Å². The summed E-state index contributed by atoms with van der Waals surface area (Å²) in [6.45, 7) is 5.84. The van der Waals surface area contributed by atoms with Crippen molar-refractivity contribution < 1.29 is 22.8 Å². The summed E-state index contributed by atoms with van der Waals surface area (Å²) in [6.07, 6.45) is 0. The minimum atomic E-state index is -3.81. The summed E-state index contributed by atoms with van der Waals surface area (Å²) < 4.78 is 37.2. The topological polar surface area (TPSA) is 123 Å². The molecule has 2 aromatic rings. The van der Waals surface area contributed by atoms with Gasteiger partial charge in [0.1, 0.15) is 5.69 Å². The van der Waals surface area contributed by atoms with Crippen molar-refractivity contribution in [3.8, 4) is 11.5 Å². The molecule has 0 aromatic heterocycles. The summed E-state index contributed by atoms with van der Waals surface area (Å²) >= 11 is 0. The van der Waals surface area contributed by atoms with Crippen LogP contribution in [-0.2, 0) is 10.0 Å². The van der Waals surface area contributed by atoms with Gasteiger partial charge < -0.3 is 9.47 Å². The number of nitro benzene ring substituents is 1. The van der Waals surface area contributed by atoms with Crippen molar-refractivity contribution in [3.63, 3.8) is 0 Å². The number of hydrogen-bond donors (Lipinski definition) is 1. The van der Waals surface area contributed by atoms with E-state index in [2.05, 4.69) is 10.5 Å². The highest BCUT2D eigenvalue weighted by atomic mass is 32.2. The van der Waals surface area contributed by atoms with E-state index in [0.29, 0.717) is 17.2 Å². The third-order valence-corrected chi connectivity index (χ3v) is 6.69. The van der Waals surface area contributed by atoms with Crippen LogP contribution in [0.5, 0.6) is 11.5 Å². The van der Waals surface area contributed by atoms with Gasteiger partial charge in [-0.15, -0.1) is 0 Å². The largest absolute Gasteiger partial charge is 0.454 e. The van der Waals surface area contributed by atoms with Gasteiger partial charge in [-0.1, -0.05) is 13.8 Å². The molecule has 30 heavy (non-hydrogen) atoms. The minimum Gasteiger partial charge on any atom is -0.454 e. The number of fused-ring (bicyclic) bond motifs is 1. The number of anilines is 1. The first kappa shape index (κ1) is 21.5. The zero-order valence-electron chi connectivity index (χ0n) is 16.8. The van der Waals surface area contributed by atoms with E-state index in [1.54, 1.807) is 39.0 Å². The lowest BCUT2D eigenvalue weighted by atomic mass is 10.1. The van der Waals surface area contributed by atoms with Crippen molar-refractivity contribution in [1.82, 2.24) is 4.31 Å². The van der Waals surface area contributed by atoms with Crippen molar-refractivity contribution in [2.75, 3.05) is 25.3 Å². The molecule has 0 saturated carbocycles. The molecule has 1 aliphatic heterocycles. The Balaban J connectivity index is 1.89. The zero-order valence-corrected chi connectivity index (χ0v) is 17.6. The van der Waals surface area contributed by atoms with Gasteiger partial charge in [-0.3, -0.25) is 15.5 Å². The standard InChI is InChI=1S/C19H22N4O6S/c1-4-22(5-2)30(26,27)15-7-8-16(17(11-15)23(24)25)21-20-13(3)14-6-9-18-19(10-14)29-12-28-18/h6-11,21H,4-5,12H2,1-3H3/b20-13-. The Labute approximate surface area is 174 Å². The number of nitrogens with one attached hydrogen (secondary N) is 1. The van der Waals surface area contributed by atoms with E-state index in [1.807, 2.05) is 0 Å². The molecule has 1 heterocycles. The highest BCUT2D eigenvalue weighted by Gasteiger charge is 2.25. The normalized spacial score (nSPS) is 13.5. The summed E-state index contributed by atoms with van der Waals surface area (Å²) in [6, 6.07) is 9.02. The van der Waals surface area contributed by atoms with Crippen LogP contribution in [0.25, 0.3) is 0 Å². The lowest BCUT2D eigenvalue weighted by molar-refractivity contribution is -0.384. The van der Waals surface area contributed by atoms with Gasteiger partial charge >= 0.3 is 0 Å². The first-order chi connectivity index (χ1) is 14.3. The molecule has 1 aliphatic rings. The van der Waals surface area contributed by atoms with Crippen LogP contribution in [0.15, 0.2) is 46.4 Å². The number of nitro groups is 1. The van der Waals surface area contributed by atoms with E-state index >= 15 is 0 Å². The lowest BCUT2D eigenvalue weighted by Crippen LogP contribution is -2.30. The van der Waals surface area contributed by atoms with Crippen LogP contribution in [0.2, 0.25) is 0 Å². The van der Waals surface area contributed by atoms with Crippen molar-refractivity contribution >= 4 is 27.1 Å². The molecule has 0 fully saturated rings. The molecule has 11 heteroatoms. The molecule has 3 rings (SSSR count). The van der Waals surface area contributed by atoms with E-state index in [4.69, 9.17) is 9.47 Å². The van der Waals surface area contributed by atoms with Gasteiger partial charge in [0.05, 0.1) is 15.5 Å². The molecule has 0 atom stereocenters. The van der Waals surface area contributed by atoms with Crippen molar-refractivity contribution in [3.05, 3.63) is 52.1 Å². The third-order valence-electron chi connectivity index (χ3n) is 4.64. The van der Waals surface area contributed by atoms with Gasteiger partial charge in [-0.25, -0.2) is 8.42 Å². The van der Waals surface area contributed by atoms with E-state index in [1.165, 1.54) is 16.4 Å². The van der Waals surface area contributed by atoms with E-state index < -0.39 is 14.9 Å². The Morgan fingerprint density at radius 3 is 2.53 bits per heavy atom. The van der Waals surface area contributed by atoms with Gasteiger partial charge in [0.2, 0.25) is 16.8 Å². The Kier molecular flexibility index (Phi) is 6.22. The lowest BCUT2D eigenvalue weighted by Gasteiger charge is -2.18. The molecule has 0 aliphatic carbocycles. The Bertz CT molecular complexity index is 1100. The van der Waals surface area contributed by atoms with Gasteiger partial charge in [-0.05, 0) is 37.3 Å². The van der Waals surface area contributed by atoms with Gasteiger partial charge in [0.15, 0.2) is 11.5 Å². The van der Waals surface area contributed by atoms with Crippen LogP contribution in [0, 0.1) is 10.1 Å². The van der Waals surface area contributed by atoms with Crippen LogP contribution in [0.4, 0.5) is 11.4 Å². The molecular weight excluding hydrogens is 412 g/mol. The number of hydrazone groups is 1. The fraction of sp³-hybridized carbons (Fsp3) is 0.316. The molecule has 160 valence electrons. The predicted molar refractivity (Wildman–Crippen MR) is 112 cm³/mol. The summed E-state index contributed by atoms with van der Waals surface area (Å²) in [4.78, 5) is 10.7. The van der Waals surface area contributed by atoms with Gasteiger partial charge in [-0.2, -0.15) is 9.41 Å². The van der Waals surface area contributed by atoms with E-state index in [9.17, 15) is 18.5 Å². The first-order valence-electron chi connectivity index (χ1n) is 9.26. The zero-order chi connectivity index (χ0) is 21.9. The number of nitrogens with zero attached hydrogens (tertiary/aromatic N) is 3. The van der Waals surface area contributed by atoms with Crippen LogP contribution >= 0.6 is 0 Å². The molecule has 0 bridgehead atoms. The smallest absolute Gasteiger partial charge is 0.295 e. The molecule has 0 unspecified atom stereocenters. The summed E-state index contributed by atoms with van der Waals surface area (Å²) in [5.41, 5.74) is 3.66. The van der Waals surface area contributed by atoms with Crippen LogP contribution in [-0.4, -0.2) is 43.2 Å². The van der Waals surface area contributed by atoms with E-state index in [-0.39, 0.29) is 36.2 Å². The molecule has 0 amide bonds. The van der Waals surface area contributed by atoms with Crippen LogP contribution in [0.1, 0.15) is 26.3 Å². The highest BCUT2D eigenvalue weighted by Crippen LogP contribution is 2.33. The summed E-state index contributed by atoms with van der Waals surface area (Å²) in [5, 5.41) is 15.7. The van der Waals surface area contributed by atoms with Crippen LogP contribution in [0.3, 0.4) is 0 Å². The maximum absolute atomic E-state index is 12.7. The van der Waals surface area contributed by atoms with Crippen molar-refractivity contribution in [2.45, 2.75) is 25.7 Å². The van der Waals surface area contributed by atoms with E-state index in [0.717, 1.165) is 11.6 Å². The number of hydrogen-bond acceptors (Lipinski definition) is 8. The molecule has 2 aromatic carbocycles. The number of rotatable bonds is 8. The number of sulfonamides is 1. The maximum atomic E-state index is 12.7. The maximum Gasteiger partial charge on any atom is 0.295 e. The average molecular weight is 434 g/mol. The second kappa shape index (κ2) is 8.67. The second-order valence-electron chi connectivity index (χ2n) is 6.40. The summed E-state index contributed by atoms with van der Waals surface area (Å²) in [7, 11) is -3.81. The fourth-order valence-electron chi connectivity index (χ4n) is 2.96. The minimum absolute atomic E-state index is 0.0820. The molecular formula is C19H22N4O6S. The second-order valence-corrected chi connectivity index (χ2v) is 8.34. The average Bonchev–Trinajstić information content (AvgIpc) is 3.20. The molecule has 1 N–H and O–H groups in total. The van der Waals surface area contributed by atoms with Crippen molar-refractivity contribution in [2.24, 2.45) is 5.10 Å². The summed E-state index contributed by atoms with van der Waals surface area (Å²) in [5.74, 6) is 1.24. The molecule has 0 spiro atoms. The van der Waals surface area contributed by atoms with Crippen molar-refractivity contribution in [1.29, 1.82) is 0 Å². The predicted octanol–water partition coefficient (Wildman–Crippen LogP) is 3.19. The Morgan fingerprint density at radius 2 is 1.87 bits per heavy atom. The number of ether oxygens (including phenoxy) is 2. The Hall–Kier alpha value is -3.18. The third kappa shape index (κ3) is 4.21. The Morgan fingerprint density at radius 1 is 1.17 bits per heavy atom. The molecule has 0 radical (unpaired) electrons. The fourth-order valence-corrected chi connectivity index (χ4v) is 4.44. The molecule has 10 nitrogen and oxygen atoms in total. The monoisotopic (exact) mass is 434 g/mol. The SMILES string of the molecule is CCN(CC)S(=O)(=O)c1ccc(N/N=C(/C)c2ccc3c(c2)OCO3)c([N+](=O)[O-])c1. The van der Waals surface area contributed by atoms with Gasteiger partial charge in [0, 0.05) is 24.7 Å². The molecule has 0 saturated heterocycles.